The highest BCUT2D eigenvalue weighted by atomic mass is 16.5. The van der Waals surface area contributed by atoms with Crippen molar-refractivity contribution in [1.82, 2.24) is 15.5 Å². The SMILES string of the molecule is CCCNC(=O)CNC(=O)COC(=O)[C@H](C)N1C(=O)[C@@H]2CCCC[C@H]2C1=O. The number of rotatable bonds is 8. The second kappa shape index (κ2) is 9.48. The van der Waals surface area contributed by atoms with Crippen molar-refractivity contribution < 1.29 is 28.7 Å². The number of amides is 4. The van der Waals surface area contributed by atoms with Crippen LogP contribution >= 0.6 is 0 Å². The van der Waals surface area contributed by atoms with Gasteiger partial charge in [-0.05, 0) is 26.2 Å². The zero-order valence-electron chi connectivity index (χ0n) is 15.8. The molecular weight excluding hydrogens is 354 g/mol. The zero-order valence-corrected chi connectivity index (χ0v) is 15.8. The van der Waals surface area contributed by atoms with Gasteiger partial charge in [0, 0.05) is 6.54 Å². The standard InChI is InChI=1S/C18H27N3O6/c1-3-8-19-14(22)9-20-15(23)10-27-18(26)11(2)21-16(24)12-6-4-5-7-13(12)17(21)25/h11-13H,3-10H2,1-2H3,(H,19,22)(H,20,23)/t11-,12+,13+/m0/s1. The van der Waals surface area contributed by atoms with E-state index in [0.29, 0.717) is 19.4 Å². The van der Waals surface area contributed by atoms with Gasteiger partial charge in [0.1, 0.15) is 6.04 Å². The monoisotopic (exact) mass is 381 g/mol. The molecule has 0 unspecified atom stereocenters. The number of fused-ring (bicyclic) bond motifs is 1. The largest absolute Gasteiger partial charge is 0.454 e. The van der Waals surface area contributed by atoms with Crippen molar-refractivity contribution in [2.45, 2.75) is 52.0 Å². The number of carbonyl (C=O) groups excluding carboxylic acids is 5. The molecule has 2 rings (SSSR count). The lowest BCUT2D eigenvalue weighted by Gasteiger charge is -2.21. The van der Waals surface area contributed by atoms with E-state index < -0.39 is 24.5 Å². The normalized spacial score (nSPS) is 22.8. The molecule has 9 nitrogen and oxygen atoms in total. The Morgan fingerprint density at radius 2 is 1.67 bits per heavy atom. The maximum Gasteiger partial charge on any atom is 0.329 e. The van der Waals surface area contributed by atoms with Crippen LogP contribution in [0.1, 0.15) is 46.0 Å². The molecule has 2 aliphatic rings. The summed E-state index contributed by atoms with van der Waals surface area (Å²) < 4.78 is 4.91. The van der Waals surface area contributed by atoms with E-state index in [1.54, 1.807) is 0 Å². The summed E-state index contributed by atoms with van der Waals surface area (Å²) in [4.78, 5) is 61.2. The Balaban J connectivity index is 1.80. The molecule has 0 aromatic heterocycles. The maximum absolute atomic E-state index is 12.5. The number of carbonyl (C=O) groups is 5. The van der Waals surface area contributed by atoms with Gasteiger partial charge in [0.15, 0.2) is 6.61 Å². The summed E-state index contributed by atoms with van der Waals surface area (Å²) in [7, 11) is 0. The fourth-order valence-electron chi connectivity index (χ4n) is 3.49. The number of hydrogen-bond donors (Lipinski definition) is 2. The lowest BCUT2D eigenvalue weighted by atomic mass is 9.81. The first kappa shape index (κ1) is 20.9. The van der Waals surface area contributed by atoms with E-state index in [-0.39, 0.29) is 36.1 Å². The smallest absolute Gasteiger partial charge is 0.329 e. The third kappa shape index (κ3) is 5.05. The fraction of sp³-hybridized carbons (Fsp3) is 0.722. The molecule has 0 spiro atoms. The molecule has 1 saturated carbocycles. The second-order valence-electron chi connectivity index (χ2n) is 6.95. The van der Waals surface area contributed by atoms with Crippen LogP contribution in [-0.4, -0.2) is 60.2 Å². The van der Waals surface area contributed by atoms with Gasteiger partial charge in [-0.3, -0.25) is 24.1 Å². The maximum atomic E-state index is 12.5. The summed E-state index contributed by atoms with van der Waals surface area (Å²) in [5.41, 5.74) is 0. The highest BCUT2D eigenvalue weighted by Crippen LogP contribution is 2.38. The van der Waals surface area contributed by atoms with E-state index in [2.05, 4.69) is 10.6 Å². The average molecular weight is 381 g/mol. The molecule has 1 heterocycles. The number of nitrogens with one attached hydrogen (secondary N) is 2. The van der Waals surface area contributed by atoms with Crippen LogP contribution in [0.4, 0.5) is 0 Å². The summed E-state index contributed by atoms with van der Waals surface area (Å²) in [6.07, 6.45) is 3.91. The predicted molar refractivity (Wildman–Crippen MR) is 94.0 cm³/mol. The molecular formula is C18H27N3O6. The van der Waals surface area contributed by atoms with Crippen LogP contribution in [0.15, 0.2) is 0 Å². The Morgan fingerprint density at radius 1 is 1.07 bits per heavy atom. The van der Waals surface area contributed by atoms with Crippen LogP contribution < -0.4 is 10.6 Å². The topological polar surface area (TPSA) is 122 Å². The highest BCUT2D eigenvalue weighted by molar-refractivity contribution is 6.07. The third-order valence-electron chi connectivity index (χ3n) is 4.97. The van der Waals surface area contributed by atoms with Gasteiger partial charge in [0.05, 0.1) is 18.4 Å². The summed E-state index contributed by atoms with van der Waals surface area (Å²) in [6, 6.07) is -1.07. The lowest BCUT2D eigenvalue weighted by Crippen LogP contribution is -2.45. The number of esters is 1. The van der Waals surface area contributed by atoms with E-state index in [9.17, 15) is 24.0 Å². The number of nitrogens with zero attached hydrogens (tertiary/aromatic N) is 1. The molecule has 9 heteroatoms. The molecule has 1 aliphatic heterocycles. The first-order valence-electron chi connectivity index (χ1n) is 9.43. The molecule has 0 aromatic carbocycles. The van der Waals surface area contributed by atoms with Crippen molar-refractivity contribution in [2.75, 3.05) is 19.7 Å². The second-order valence-corrected chi connectivity index (χ2v) is 6.95. The molecule has 3 atom stereocenters. The summed E-state index contributed by atoms with van der Waals surface area (Å²) in [6.45, 7) is 3.06. The van der Waals surface area contributed by atoms with Crippen LogP contribution in [0.3, 0.4) is 0 Å². The van der Waals surface area contributed by atoms with Crippen LogP contribution in [0.5, 0.6) is 0 Å². The predicted octanol–water partition coefficient (Wildman–Crippen LogP) is -0.264. The Bertz CT molecular complexity index is 596. The van der Waals surface area contributed by atoms with E-state index in [0.717, 1.165) is 24.2 Å². The molecule has 2 fully saturated rings. The number of ether oxygens (including phenoxy) is 1. The minimum absolute atomic E-state index is 0.210. The molecule has 0 bridgehead atoms. The van der Waals surface area contributed by atoms with Crippen molar-refractivity contribution in [3.05, 3.63) is 0 Å². The van der Waals surface area contributed by atoms with Gasteiger partial charge >= 0.3 is 5.97 Å². The molecule has 1 saturated heterocycles. The third-order valence-corrected chi connectivity index (χ3v) is 4.97. The fourth-order valence-corrected chi connectivity index (χ4v) is 3.49. The zero-order chi connectivity index (χ0) is 20.0. The first-order valence-corrected chi connectivity index (χ1v) is 9.43. The Kier molecular flexibility index (Phi) is 7.32. The number of hydrogen-bond acceptors (Lipinski definition) is 6. The van der Waals surface area contributed by atoms with Crippen molar-refractivity contribution >= 4 is 29.6 Å². The van der Waals surface area contributed by atoms with Crippen LogP contribution in [0.2, 0.25) is 0 Å². The van der Waals surface area contributed by atoms with E-state index in [1.807, 2.05) is 6.92 Å². The number of imide groups is 1. The van der Waals surface area contributed by atoms with Crippen LogP contribution in [0, 0.1) is 11.8 Å². The molecule has 4 amide bonds. The molecule has 27 heavy (non-hydrogen) atoms. The van der Waals surface area contributed by atoms with Crippen molar-refractivity contribution in [2.24, 2.45) is 11.8 Å². The minimum Gasteiger partial charge on any atom is -0.454 e. The molecule has 2 N–H and O–H groups in total. The van der Waals surface area contributed by atoms with Crippen LogP contribution in [-0.2, 0) is 28.7 Å². The van der Waals surface area contributed by atoms with Gasteiger partial charge in [-0.1, -0.05) is 19.8 Å². The first-order chi connectivity index (χ1) is 12.9. The summed E-state index contributed by atoms with van der Waals surface area (Å²) in [5.74, 6) is -3.12. The van der Waals surface area contributed by atoms with E-state index >= 15 is 0 Å². The Labute approximate surface area is 158 Å². The summed E-state index contributed by atoms with van der Waals surface area (Å²) >= 11 is 0. The molecule has 0 aromatic rings. The molecule has 1 aliphatic carbocycles. The molecule has 0 radical (unpaired) electrons. The Hall–Kier alpha value is -2.45. The summed E-state index contributed by atoms with van der Waals surface area (Å²) in [5, 5.41) is 4.94. The minimum atomic E-state index is -1.07. The van der Waals surface area contributed by atoms with Crippen molar-refractivity contribution in [3.63, 3.8) is 0 Å². The lowest BCUT2D eigenvalue weighted by molar-refractivity contribution is -0.159. The average Bonchev–Trinajstić information content (AvgIpc) is 2.93. The molecule has 150 valence electrons. The van der Waals surface area contributed by atoms with Crippen molar-refractivity contribution in [3.8, 4) is 0 Å². The van der Waals surface area contributed by atoms with Gasteiger partial charge in [-0.25, -0.2) is 4.79 Å². The van der Waals surface area contributed by atoms with Gasteiger partial charge in [0.25, 0.3) is 5.91 Å². The van der Waals surface area contributed by atoms with E-state index in [4.69, 9.17) is 4.74 Å². The van der Waals surface area contributed by atoms with Gasteiger partial charge in [-0.2, -0.15) is 0 Å². The quantitative estimate of drug-likeness (QED) is 0.441. The van der Waals surface area contributed by atoms with Gasteiger partial charge < -0.3 is 15.4 Å². The van der Waals surface area contributed by atoms with Gasteiger partial charge in [0.2, 0.25) is 17.7 Å². The van der Waals surface area contributed by atoms with Crippen molar-refractivity contribution in [1.29, 1.82) is 0 Å². The van der Waals surface area contributed by atoms with Crippen LogP contribution in [0.25, 0.3) is 0 Å². The number of likely N-dealkylation sites (tertiary alicyclic amines) is 1. The highest BCUT2D eigenvalue weighted by Gasteiger charge is 2.51. The Morgan fingerprint density at radius 3 is 2.22 bits per heavy atom. The van der Waals surface area contributed by atoms with E-state index in [1.165, 1.54) is 6.92 Å². The van der Waals surface area contributed by atoms with Gasteiger partial charge in [-0.15, -0.1) is 0 Å².